The van der Waals surface area contributed by atoms with E-state index in [1.54, 1.807) is 10.9 Å². The van der Waals surface area contributed by atoms with E-state index in [-0.39, 0.29) is 13.2 Å². The summed E-state index contributed by atoms with van der Waals surface area (Å²) >= 11 is 0. The number of rotatable bonds is 7. The zero-order chi connectivity index (χ0) is 10.2. The first kappa shape index (κ1) is 11.1. The maximum Gasteiger partial charge on any atom is 0.108 e. The highest BCUT2D eigenvalue weighted by Gasteiger charge is 1.98. The lowest BCUT2D eigenvalue weighted by Crippen LogP contribution is -1.98. The van der Waals surface area contributed by atoms with Gasteiger partial charge in [0.25, 0.3) is 0 Å². The van der Waals surface area contributed by atoms with Crippen LogP contribution in [-0.2, 0) is 13.2 Å². The van der Waals surface area contributed by atoms with Crippen LogP contribution in [0.3, 0.4) is 0 Å². The van der Waals surface area contributed by atoms with Crippen LogP contribution in [0, 0.1) is 0 Å². The van der Waals surface area contributed by atoms with Crippen LogP contribution in [0.15, 0.2) is 6.20 Å². The smallest absolute Gasteiger partial charge is 0.108 e. The number of hydrogen-bond acceptors (Lipinski definition) is 4. The van der Waals surface area contributed by atoms with Gasteiger partial charge in [-0.05, 0) is 12.8 Å². The fourth-order valence-corrected chi connectivity index (χ4v) is 1.26. The molecule has 1 heterocycles. The lowest BCUT2D eigenvalue weighted by atomic mass is 10.2. The predicted octanol–water partition coefficient (Wildman–Crippen LogP) is 0.323. The summed E-state index contributed by atoms with van der Waals surface area (Å²) in [7, 11) is 0. The van der Waals surface area contributed by atoms with Crippen LogP contribution in [0.4, 0.5) is 0 Å². The summed E-state index contributed by atoms with van der Waals surface area (Å²) in [5.74, 6) is 0. The minimum absolute atomic E-state index is 0.0511. The average Bonchev–Trinajstić information content (AvgIpc) is 2.65. The van der Waals surface area contributed by atoms with Gasteiger partial charge in [-0.15, -0.1) is 5.10 Å². The number of aryl methyl sites for hydroxylation is 1. The van der Waals surface area contributed by atoms with Crippen molar-refractivity contribution in [2.75, 3.05) is 6.61 Å². The van der Waals surface area contributed by atoms with Crippen molar-refractivity contribution in [3.05, 3.63) is 11.9 Å². The van der Waals surface area contributed by atoms with E-state index in [0.29, 0.717) is 5.69 Å². The number of nitrogens with zero attached hydrogens (tertiary/aromatic N) is 3. The molecule has 0 unspecified atom stereocenters. The molecule has 0 amide bonds. The van der Waals surface area contributed by atoms with Crippen LogP contribution in [-0.4, -0.2) is 31.8 Å². The molecule has 0 bridgehead atoms. The van der Waals surface area contributed by atoms with Crippen molar-refractivity contribution in [1.29, 1.82) is 0 Å². The molecule has 0 spiro atoms. The Balaban J connectivity index is 2.12. The second-order valence-electron chi connectivity index (χ2n) is 3.27. The number of aromatic nitrogens is 3. The van der Waals surface area contributed by atoms with Crippen molar-refractivity contribution in [1.82, 2.24) is 15.0 Å². The van der Waals surface area contributed by atoms with E-state index in [1.807, 2.05) is 0 Å². The number of hydrogen-bond donors (Lipinski definition) is 2. The molecule has 0 atom stereocenters. The summed E-state index contributed by atoms with van der Waals surface area (Å²) in [4.78, 5) is 0. The second-order valence-corrected chi connectivity index (χ2v) is 3.27. The first-order valence-electron chi connectivity index (χ1n) is 4.97. The standard InChI is InChI=1S/C9H17N3O2/c13-6-4-2-1-3-5-12-7-9(8-14)10-11-12/h7,13-14H,1-6,8H2. The quantitative estimate of drug-likeness (QED) is 0.620. The van der Waals surface area contributed by atoms with E-state index in [4.69, 9.17) is 10.2 Å². The van der Waals surface area contributed by atoms with Gasteiger partial charge in [0.05, 0.1) is 12.8 Å². The molecule has 0 aliphatic rings. The molecule has 0 radical (unpaired) electrons. The molecule has 0 aliphatic heterocycles. The summed E-state index contributed by atoms with van der Waals surface area (Å²) in [5.41, 5.74) is 0.611. The Labute approximate surface area is 83.4 Å². The molecule has 0 saturated heterocycles. The molecule has 80 valence electrons. The van der Waals surface area contributed by atoms with Crippen LogP contribution < -0.4 is 0 Å². The summed E-state index contributed by atoms with van der Waals surface area (Å²) in [5, 5.41) is 24.9. The van der Waals surface area contributed by atoms with Crippen LogP contribution >= 0.6 is 0 Å². The van der Waals surface area contributed by atoms with Gasteiger partial charge in [-0.25, -0.2) is 0 Å². The minimum Gasteiger partial charge on any atom is -0.396 e. The number of aliphatic hydroxyl groups excluding tert-OH is 2. The molecule has 5 nitrogen and oxygen atoms in total. The molecule has 2 N–H and O–H groups in total. The fourth-order valence-electron chi connectivity index (χ4n) is 1.26. The van der Waals surface area contributed by atoms with Gasteiger partial charge >= 0.3 is 0 Å². The van der Waals surface area contributed by atoms with Crippen molar-refractivity contribution < 1.29 is 10.2 Å². The topological polar surface area (TPSA) is 71.2 Å². The Bertz CT molecular complexity index is 250. The molecule has 14 heavy (non-hydrogen) atoms. The van der Waals surface area contributed by atoms with Gasteiger partial charge in [0, 0.05) is 13.2 Å². The highest BCUT2D eigenvalue weighted by atomic mass is 16.3. The molecule has 1 aromatic rings. The Morgan fingerprint density at radius 1 is 1.14 bits per heavy atom. The molecule has 0 fully saturated rings. The van der Waals surface area contributed by atoms with Crippen molar-refractivity contribution in [3.8, 4) is 0 Å². The van der Waals surface area contributed by atoms with E-state index in [1.165, 1.54) is 0 Å². The van der Waals surface area contributed by atoms with E-state index in [2.05, 4.69) is 10.3 Å². The Morgan fingerprint density at radius 2 is 1.93 bits per heavy atom. The summed E-state index contributed by atoms with van der Waals surface area (Å²) in [6, 6.07) is 0. The van der Waals surface area contributed by atoms with E-state index >= 15 is 0 Å². The van der Waals surface area contributed by atoms with Crippen LogP contribution in [0.2, 0.25) is 0 Å². The van der Waals surface area contributed by atoms with Crippen LogP contribution in [0.1, 0.15) is 31.4 Å². The molecular formula is C9H17N3O2. The minimum atomic E-state index is -0.0511. The summed E-state index contributed by atoms with van der Waals surface area (Å²) < 4.78 is 1.74. The summed E-state index contributed by atoms with van der Waals surface area (Å²) in [6.45, 7) is 1.06. The van der Waals surface area contributed by atoms with E-state index in [9.17, 15) is 0 Å². The first-order chi connectivity index (χ1) is 6.86. The average molecular weight is 199 g/mol. The van der Waals surface area contributed by atoms with Gasteiger partial charge in [-0.2, -0.15) is 0 Å². The Hall–Kier alpha value is -0.940. The maximum atomic E-state index is 8.75. The van der Waals surface area contributed by atoms with Crippen molar-refractivity contribution >= 4 is 0 Å². The van der Waals surface area contributed by atoms with Crippen LogP contribution in [0.5, 0.6) is 0 Å². The third-order valence-corrected chi connectivity index (χ3v) is 2.04. The monoisotopic (exact) mass is 199 g/mol. The van der Waals surface area contributed by atoms with Gasteiger partial charge in [-0.1, -0.05) is 18.1 Å². The fraction of sp³-hybridized carbons (Fsp3) is 0.778. The normalized spacial score (nSPS) is 10.7. The Kier molecular flexibility index (Phi) is 5.17. The van der Waals surface area contributed by atoms with Crippen LogP contribution in [0.25, 0.3) is 0 Å². The lowest BCUT2D eigenvalue weighted by Gasteiger charge is -1.99. The molecule has 0 saturated carbocycles. The largest absolute Gasteiger partial charge is 0.396 e. The number of aliphatic hydroxyl groups is 2. The van der Waals surface area contributed by atoms with E-state index in [0.717, 1.165) is 32.2 Å². The highest BCUT2D eigenvalue weighted by molar-refractivity contribution is 4.88. The van der Waals surface area contributed by atoms with E-state index < -0.39 is 0 Å². The third-order valence-electron chi connectivity index (χ3n) is 2.04. The van der Waals surface area contributed by atoms with Gasteiger partial charge < -0.3 is 10.2 Å². The van der Waals surface area contributed by atoms with Gasteiger partial charge in [-0.3, -0.25) is 4.68 Å². The maximum absolute atomic E-state index is 8.75. The molecule has 0 aliphatic carbocycles. The first-order valence-corrected chi connectivity index (χ1v) is 4.97. The van der Waals surface area contributed by atoms with Crippen molar-refractivity contribution in [2.24, 2.45) is 0 Å². The molecule has 1 rings (SSSR count). The lowest BCUT2D eigenvalue weighted by molar-refractivity contribution is 0.276. The van der Waals surface area contributed by atoms with Gasteiger partial charge in [0.1, 0.15) is 5.69 Å². The van der Waals surface area contributed by atoms with Gasteiger partial charge in [0.2, 0.25) is 0 Å². The van der Waals surface area contributed by atoms with Crippen molar-refractivity contribution in [2.45, 2.75) is 38.8 Å². The predicted molar refractivity (Wildman–Crippen MR) is 51.5 cm³/mol. The second kappa shape index (κ2) is 6.50. The third kappa shape index (κ3) is 3.85. The molecule has 1 aromatic heterocycles. The molecule has 0 aromatic carbocycles. The van der Waals surface area contributed by atoms with Gasteiger partial charge in [0.15, 0.2) is 0 Å². The highest BCUT2D eigenvalue weighted by Crippen LogP contribution is 2.01. The SMILES string of the molecule is OCCCCCCn1cc(CO)nn1. The summed E-state index contributed by atoms with van der Waals surface area (Å²) in [6.07, 6.45) is 5.81. The number of unbranched alkanes of at least 4 members (excludes halogenated alkanes) is 3. The van der Waals surface area contributed by atoms with Crippen molar-refractivity contribution in [3.63, 3.8) is 0 Å². The zero-order valence-corrected chi connectivity index (χ0v) is 8.26. The molecule has 5 heteroatoms. The Morgan fingerprint density at radius 3 is 2.57 bits per heavy atom. The molecular weight excluding hydrogens is 182 g/mol. The zero-order valence-electron chi connectivity index (χ0n) is 8.26.